The lowest BCUT2D eigenvalue weighted by molar-refractivity contribution is 0.102. The quantitative estimate of drug-likeness (QED) is 0.880. The largest absolute Gasteiger partial charge is 0.320 e. The predicted molar refractivity (Wildman–Crippen MR) is 76.0 cm³/mol. The maximum Gasteiger partial charge on any atom is 0.274 e. The molecule has 0 atom stereocenters. The molecular weight excluding hydrogens is 257 g/mol. The summed E-state index contributed by atoms with van der Waals surface area (Å²) in [4.78, 5) is 15.8. The number of rotatable bonds is 5. The lowest BCUT2D eigenvalue weighted by Crippen LogP contribution is -2.17. The van der Waals surface area contributed by atoms with Crippen LogP contribution in [0.3, 0.4) is 0 Å². The second-order valence-corrected chi connectivity index (χ2v) is 4.25. The summed E-state index contributed by atoms with van der Waals surface area (Å²) in [5.41, 5.74) is 1.90. The SMILES string of the molecule is CCNCc1ccccc1NC(=O)c1ccc(F)cn1. The molecule has 0 aliphatic carbocycles. The summed E-state index contributed by atoms with van der Waals surface area (Å²) in [7, 11) is 0. The van der Waals surface area contributed by atoms with Crippen LogP contribution in [0.1, 0.15) is 23.0 Å². The van der Waals surface area contributed by atoms with Gasteiger partial charge in [-0.05, 0) is 30.3 Å². The van der Waals surface area contributed by atoms with Crippen LogP contribution in [0.2, 0.25) is 0 Å². The molecule has 0 saturated heterocycles. The van der Waals surface area contributed by atoms with Gasteiger partial charge in [-0.3, -0.25) is 4.79 Å². The van der Waals surface area contributed by atoms with E-state index in [0.717, 1.165) is 24.0 Å². The number of nitrogens with one attached hydrogen (secondary N) is 2. The molecule has 2 aromatic rings. The zero-order valence-corrected chi connectivity index (χ0v) is 11.2. The van der Waals surface area contributed by atoms with Gasteiger partial charge < -0.3 is 10.6 Å². The minimum absolute atomic E-state index is 0.185. The van der Waals surface area contributed by atoms with Crippen LogP contribution in [0, 0.1) is 5.82 Å². The standard InChI is InChI=1S/C15H16FN3O/c1-2-17-9-11-5-3-4-6-13(11)19-15(20)14-8-7-12(16)10-18-14/h3-8,10,17H,2,9H2,1H3,(H,19,20). The van der Waals surface area contributed by atoms with Gasteiger partial charge in [0.25, 0.3) is 5.91 Å². The van der Waals surface area contributed by atoms with Crippen molar-refractivity contribution >= 4 is 11.6 Å². The normalized spacial score (nSPS) is 10.3. The Balaban J connectivity index is 2.13. The van der Waals surface area contributed by atoms with Crippen molar-refractivity contribution in [2.24, 2.45) is 0 Å². The highest BCUT2D eigenvalue weighted by Crippen LogP contribution is 2.15. The lowest BCUT2D eigenvalue weighted by atomic mass is 10.1. The molecule has 0 spiro atoms. The number of hydrogen-bond donors (Lipinski definition) is 2. The summed E-state index contributed by atoms with van der Waals surface area (Å²) >= 11 is 0. The molecular formula is C15H16FN3O. The molecule has 4 nitrogen and oxygen atoms in total. The van der Waals surface area contributed by atoms with Gasteiger partial charge in [-0.15, -0.1) is 0 Å². The maximum absolute atomic E-state index is 12.8. The molecule has 2 N–H and O–H groups in total. The number of aromatic nitrogens is 1. The first-order chi connectivity index (χ1) is 9.70. The third kappa shape index (κ3) is 3.61. The van der Waals surface area contributed by atoms with Crippen LogP contribution in [0.25, 0.3) is 0 Å². The van der Waals surface area contributed by atoms with Crippen molar-refractivity contribution in [3.05, 3.63) is 59.7 Å². The number of benzene rings is 1. The molecule has 1 aromatic carbocycles. The lowest BCUT2D eigenvalue weighted by Gasteiger charge is -2.11. The van der Waals surface area contributed by atoms with Gasteiger partial charge in [-0.2, -0.15) is 0 Å². The van der Waals surface area contributed by atoms with Gasteiger partial charge in [0.05, 0.1) is 6.20 Å². The smallest absolute Gasteiger partial charge is 0.274 e. The molecule has 20 heavy (non-hydrogen) atoms. The number of para-hydroxylation sites is 1. The van der Waals surface area contributed by atoms with Gasteiger partial charge in [0, 0.05) is 12.2 Å². The molecule has 0 fully saturated rings. The first kappa shape index (κ1) is 14.1. The monoisotopic (exact) mass is 273 g/mol. The number of amides is 1. The van der Waals surface area contributed by atoms with Crippen LogP contribution in [-0.4, -0.2) is 17.4 Å². The van der Waals surface area contributed by atoms with Crippen LogP contribution in [-0.2, 0) is 6.54 Å². The highest BCUT2D eigenvalue weighted by molar-refractivity contribution is 6.03. The Labute approximate surface area is 117 Å². The van der Waals surface area contributed by atoms with E-state index in [1.165, 1.54) is 12.1 Å². The molecule has 1 heterocycles. The van der Waals surface area contributed by atoms with E-state index in [0.29, 0.717) is 6.54 Å². The van der Waals surface area contributed by atoms with Gasteiger partial charge in [-0.1, -0.05) is 25.1 Å². The predicted octanol–water partition coefficient (Wildman–Crippen LogP) is 2.58. The average Bonchev–Trinajstić information content (AvgIpc) is 2.47. The minimum atomic E-state index is -0.464. The van der Waals surface area contributed by atoms with Crippen molar-refractivity contribution in [3.8, 4) is 0 Å². The third-order valence-electron chi connectivity index (χ3n) is 2.79. The number of pyridine rings is 1. The molecule has 0 aliphatic rings. The molecule has 5 heteroatoms. The first-order valence-electron chi connectivity index (χ1n) is 6.42. The zero-order chi connectivity index (χ0) is 14.4. The maximum atomic E-state index is 12.8. The van der Waals surface area contributed by atoms with E-state index in [4.69, 9.17) is 0 Å². The Morgan fingerprint density at radius 1 is 1.25 bits per heavy atom. The van der Waals surface area contributed by atoms with E-state index in [-0.39, 0.29) is 11.6 Å². The van der Waals surface area contributed by atoms with Crippen molar-refractivity contribution in [1.29, 1.82) is 0 Å². The van der Waals surface area contributed by atoms with E-state index in [2.05, 4.69) is 15.6 Å². The second-order valence-electron chi connectivity index (χ2n) is 4.25. The molecule has 1 amide bonds. The number of carbonyl (C=O) groups is 1. The van der Waals surface area contributed by atoms with Crippen molar-refractivity contribution in [2.75, 3.05) is 11.9 Å². The van der Waals surface area contributed by atoms with Crippen molar-refractivity contribution in [1.82, 2.24) is 10.3 Å². The fourth-order valence-electron chi connectivity index (χ4n) is 1.75. The minimum Gasteiger partial charge on any atom is -0.320 e. The Morgan fingerprint density at radius 3 is 2.75 bits per heavy atom. The Kier molecular flexibility index (Phi) is 4.79. The van der Waals surface area contributed by atoms with E-state index >= 15 is 0 Å². The molecule has 104 valence electrons. The summed E-state index contributed by atoms with van der Waals surface area (Å²) in [5.74, 6) is -0.817. The molecule has 0 bridgehead atoms. The fraction of sp³-hybridized carbons (Fsp3) is 0.200. The van der Waals surface area contributed by atoms with E-state index in [9.17, 15) is 9.18 Å². The van der Waals surface area contributed by atoms with Crippen LogP contribution >= 0.6 is 0 Å². The molecule has 2 rings (SSSR count). The summed E-state index contributed by atoms with van der Waals surface area (Å²) in [6, 6.07) is 10.1. The highest BCUT2D eigenvalue weighted by Gasteiger charge is 2.10. The van der Waals surface area contributed by atoms with E-state index < -0.39 is 5.82 Å². The Bertz CT molecular complexity index is 584. The number of carbonyl (C=O) groups excluding carboxylic acids is 1. The molecule has 0 unspecified atom stereocenters. The number of anilines is 1. The summed E-state index contributed by atoms with van der Waals surface area (Å²) < 4.78 is 12.8. The van der Waals surface area contributed by atoms with Gasteiger partial charge in [0.1, 0.15) is 11.5 Å². The second kappa shape index (κ2) is 6.77. The van der Waals surface area contributed by atoms with Gasteiger partial charge in [0.2, 0.25) is 0 Å². The van der Waals surface area contributed by atoms with Crippen LogP contribution in [0.4, 0.5) is 10.1 Å². The molecule has 0 saturated carbocycles. The van der Waals surface area contributed by atoms with Gasteiger partial charge >= 0.3 is 0 Å². The topological polar surface area (TPSA) is 54.0 Å². The number of halogens is 1. The summed E-state index contributed by atoms with van der Waals surface area (Å²) in [5, 5.41) is 6.00. The highest BCUT2D eigenvalue weighted by atomic mass is 19.1. The molecule has 0 radical (unpaired) electrons. The number of hydrogen-bond acceptors (Lipinski definition) is 3. The molecule has 0 aliphatic heterocycles. The van der Waals surface area contributed by atoms with E-state index in [1.807, 2.05) is 31.2 Å². The Morgan fingerprint density at radius 2 is 2.05 bits per heavy atom. The van der Waals surface area contributed by atoms with Crippen molar-refractivity contribution < 1.29 is 9.18 Å². The molecule has 1 aromatic heterocycles. The van der Waals surface area contributed by atoms with Crippen LogP contribution in [0.5, 0.6) is 0 Å². The average molecular weight is 273 g/mol. The van der Waals surface area contributed by atoms with Crippen molar-refractivity contribution in [3.63, 3.8) is 0 Å². The third-order valence-corrected chi connectivity index (χ3v) is 2.79. The Hall–Kier alpha value is -2.27. The van der Waals surface area contributed by atoms with Crippen LogP contribution in [0.15, 0.2) is 42.6 Å². The van der Waals surface area contributed by atoms with Crippen molar-refractivity contribution in [2.45, 2.75) is 13.5 Å². The van der Waals surface area contributed by atoms with Gasteiger partial charge in [0.15, 0.2) is 0 Å². The van der Waals surface area contributed by atoms with Crippen LogP contribution < -0.4 is 10.6 Å². The summed E-state index contributed by atoms with van der Waals surface area (Å²) in [6.07, 6.45) is 1.03. The first-order valence-corrected chi connectivity index (χ1v) is 6.42. The summed E-state index contributed by atoms with van der Waals surface area (Å²) in [6.45, 7) is 3.54. The number of nitrogens with zero attached hydrogens (tertiary/aromatic N) is 1. The zero-order valence-electron chi connectivity index (χ0n) is 11.2. The fourth-order valence-corrected chi connectivity index (χ4v) is 1.75. The van der Waals surface area contributed by atoms with E-state index in [1.54, 1.807) is 0 Å². The van der Waals surface area contributed by atoms with Gasteiger partial charge in [-0.25, -0.2) is 9.37 Å².